The van der Waals surface area contributed by atoms with Crippen LogP contribution in [0.2, 0.25) is 0 Å². The first kappa shape index (κ1) is 17.3. The standard InChI is InChI=1S/C24H22N2/c1-2-3-4-8-19-25-22-15-11-20(12-16-22)21-13-17-24(18-14-21)26-23-9-6-5-7-10-23/h2-19,25-26H,1H2/b4-3-,19-8-. The Kier molecular flexibility index (Phi) is 6.05. The molecule has 2 N–H and O–H groups in total. The number of nitrogens with one attached hydrogen (secondary N) is 2. The molecule has 3 rings (SSSR count). The van der Waals surface area contributed by atoms with Gasteiger partial charge in [-0.15, -0.1) is 0 Å². The van der Waals surface area contributed by atoms with E-state index in [4.69, 9.17) is 0 Å². The van der Waals surface area contributed by atoms with Crippen LogP contribution >= 0.6 is 0 Å². The summed E-state index contributed by atoms with van der Waals surface area (Å²) in [5.74, 6) is 0. The molecule has 0 fully saturated rings. The van der Waals surface area contributed by atoms with Crippen molar-refractivity contribution in [2.75, 3.05) is 10.6 Å². The number of rotatable bonds is 7. The Morgan fingerprint density at radius 1 is 0.577 bits per heavy atom. The summed E-state index contributed by atoms with van der Waals surface area (Å²) in [6, 6.07) is 27.0. The highest BCUT2D eigenvalue weighted by atomic mass is 14.9. The summed E-state index contributed by atoms with van der Waals surface area (Å²) < 4.78 is 0. The molecule has 26 heavy (non-hydrogen) atoms. The van der Waals surface area contributed by atoms with E-state index in [-0.39, 0.29) is 0 Å². The molecule has 0 bridgehead atoms. The van der Waals surface area contributed by atoms with Gasteiger partial charge in [-0.05, 0) is 53.6 Å². The molecule has 0 aromatic heterocycles. The summed E-state index contributed by atoms with van der Waals surface area (Å²) in [4.78, 5) is 0. The monoisotopic (exact) mass is 338 g/mol. The maximum absolute atomic E-state index is 3.64. The lowest BCUT2D eigenvalue weighted by atomic mass is 10.0. The first-order chi connectivity index (χ1) is 12.8. The van der Waals surface area contributed by atoms with Crippen LogP contribution < -0.4 is 10.6 Å². The molecule has 0 aliphatic rings. The molecule has 0 aliphatic heterocycles. The maximum Gasteiger partial charge on any atom is 0.0384 e. The second kappa shape index (κ2) is 9.09. The van der Waals surface area contributed by atoms with E-state index in [9.17, 15) is 0 Å². The van der Waals surface area contributed by atoms with Gasteiger partial charge in [0.15, 0.2) is 0 Å². The first-order valence-electron chi connectivity index (χ1n) is 8.58. The quantitative estimate of drug-likeness (QED) is 0.465. The van der Waals surface area contributed by atoms with Crippen LogP contribution in [0.25, 0.3) is 11.1 Å². The van der Waals surface area contributed by atoms with E-state index >= 15 is 0 Å². The lowest BCUT2D eigenvalue weighted by Crippen LogP contribution is -1.89. The summed E-state index contributed by atoms with van der Waals surface area (Å²) in [6.45, 7) is 3.64. The van der Waals surface area contributed by atoms with Crippen LogP contribution in [0, 0.1) is 0 Å². The van der Waals surface area contributed by atoms with Gasteiger partial charge < -0.3 is 10.6 Å². The zero-order valence-electron chi connectivity index (χ0n) is 14.6. The van der Waals surface area contributed by atoms with Crippen molar-refractivity contribution in [1.82, 2.24) is 0 Å². The number of hydrogen-bond acceptors (Lipinski definition) is 2. The number of benzene rings is 3. The molecule has 128 valence electrons. The number of para-hydroxylation sites is 1. The third-order valence-electron chi connectivity index (χ3n) is 3.87. The molecule has 0 atom stereocenters. The Morgan fingerprint density at radius 2 is 1.15 bits per heavy atom. The van der Waals surface area contributed by atoms with E-state index in [1.54, 1.807) is 6.08 Å². The highest BCUT2D eigenvalue weighted by Gasteiger charge is 1.99. The van der Waals surface area contributed by atoms with Crippen molar-refractivity contribution < 1.29 is 0 Å². The third kappa shape index (κ3) is 4.99. The molecule has 0 unspecified atom stereocenters. The van der Waals surface area contributed by atoms with Gasteiger partial charge in [0, 0.05) is 23.3 Å². The van der Waals surface area contributed by atoms with Crippen LogP contribution in [0.3, 0.4) is 0 Å². The van der Waals surface area contributed by atoms with Gasteiger partial charge in [0.1, 0.15) is 0 Å². The molecule has 0 aliphatic carbocycles. The fourth-order valence-electron chi connectivity index (χ4n) is 2.54. The largest absolute Gasteiger partial charge is 0.362 e. The SMILES string of the molecule is C=C/C=C\C=C/Nc1ccc(-c2ccc(Nc3ccccc3)cc2)cc1. The van der Waals surface area contributed by atoms with E-state index in [1.807, 2.05) is 42.6 Å². The Balaban J connectivity index is 1.63. The Labute approximate surface area is 155 Å². The van der Waals surface area contributed by atoms with Crippen molar-refractivity contribution in [1.29, 1.82) is 0 Å². The summed E-state index contributed by atoms with van der Waals surface area (Å²) in [6.07, 6.45) is 9.41. The van der Waals surface area contributed by atoms with Gasteiger partial charge >= 0.3 is 0 Å². The van der Waals surface area contributed by atoms with Crippen LogP contribution in [-0.2, 0) is 0 Å². The van der Waals surface area contributed by atoms with Crippen LogP contribution in [-0.4, -0.2) is 0 Å². The summed E-state index contributed by atoms with van der Waals surface area (Å²) in [5.41, 5.74) is 5.61. The van der Waals surface area contributed by atoms with Crippen LogP contribution in [0.15, 0.2) is 116 Å². The van der Waals surface area contributed by atoms with Crippen LogP contribution in [0.1, 0.15) is 0 Å². The fraction of sp³-hybridized carbons (Fsp3) is 0. The molecular formula is C24H22N2. The maximum atomic E-state index is 3.64. The molecule has 2 heteroatoms. The molecular weight excluding hydrogens is 316 g/mol. The Morgan fingerprint density at radius 3 is 1.77 bits per heavy atom. The predicted octanol–water partition coefficient (Wildman–Crippen LogP) is 6.77. The molecule has 0 amide bonds. The van der Waals surface area contributed by atoms with Gasteiger partial charge in [-0.25, -0.2) is 0 Å². The molecule has 3 aromatic carbocycles. The van der Waals surface area contributed by atoms with E-state index in [1.165, 1.54) is 11.1 Å². The highest BCUT2D eigenvalue weighted by molar-refractivity contribution is 5.70. The topological polar surface area (TPSA) is 24.1 Å². The first-order valence-corrected chi connectivity index (χ1v) is 8.58. The van der Waals surface area contributed by atoms with Gasteiger partial charge in [0.05, 0.1) is 0 Å². The number of allylic oxidation sites excluding steroid dienone is 4. The van der Waals surface area contributed by atoms with Gasteiger partial charge in [-0.3, -0.25) is 0 Å². The minimum absolute atomic E-state index is 1.05. The van der Waals surface area contributed by atoms with Crippen molar-refractivity contribution in [3.05, 3.63) is 116 Å². The zero-order valence-corrected chi connectivity index (χ0v) is 14.6. The highest BCUT2D eigenvalue weighted by Crippen LogP contribution is 2.24. The molecule has 3 aromatic rings. The van der Waals surface area contributed by atoms with Crippen molar-refractivity contribution in [3.8, 4) is 11.1 Å². The summed E-state index contributed by atoms with van der Waals surface area (Å²) in [5, 5.41) is 6.64. The second-order valence-corrected chi connectivity index (χ2v) is 5.77. The minimum atomic E-state index is 1.05. The van der Waals surface area contributed by atoms with E-state index in [0.717, 1.165) is 17.1 Å². The molecule has 0 saturated carbocycles. The Bertz CT molecular complexity index is 874. The van der Waals surface area contributed by atoms with E-state index in [2.05, 4.69) is 77.9 Å². The van der Waals surface area contributed by atoms with Gasteiger partial charge in [-0.2, -0.15) is 0 Å². The normalized spacial score (nSPS) is 10.9. The van der Waals surface area contributed by atoms with Crippen LogP contribution in [0.4, 0.5) is 17.1 Å². The predicted molar refractivity (Wildman–Crippen MR) is 114 cm³/mol. The van der Waals surface area contributed by atoms with E-state index in [0.29, 0.717) is 0 Å². The van der Waals surface area contributed by atoms with Crippen molar-refractivity contribution in [2.45, 2.75) is 0 Å². The summed E-state index contributed by atoms with van der Waals surface area (Å²) >= 11 is 0. The van der Waals surface area contributed by atoms with E-state index < -0.39 is 0 Å². The third-order valence-corrected chi connectivity index (χ3v) is 3.87. The Hall–Kier alpha value is -3.52. The van der Waals surface area contributed by atoms with Gasteiger partial charge in [0.25, 0.3) is 0 Å². The lowest BCUT2D eigenvalue weighted by Gasteiger charge is -2.08. The molecule has 2 nitrogen and oxygen atoms in total. The molecule has 0 radical (unpaired) electrons. The van der Waals surface area contributed by atoms with Gasteiger partial charge in [-0.1, -0.05) is 67.3 Å². The fourth-order valence-corrected chi connectivity index (χ4v) is 2.54. The minimum Gasteiger partial charge on any atom is -0.362 e. The van der Waals surface area contributed by atoms with Crippen LogP contribution in [0.5, 0.6) is 0 Å². The van der Waals surface area contributed by atoms with Gasteiger partial charge in [0.2, 0.25) is 0 Å². The lowest BCUT2D eigenvalue weighted by molar-refractivity contribution is 1.53. The summed E-state index contributed by atoms with van der Waals surface area (Å²) in [7, 11) is 0. The second-order valence-electron chi connectivity index (χ2n) is 5.77. The smallest absolute Gasteiger partial charge is 0.0384 e. The molecule has 0 spiro atoms. The number of hydrogen-bond donors (Lipinski definition) is 2. The van der Waals surface area contributed by atoms with Crippen molar-refractivity contribution >= 4 is 17.1 Å². The zero-order chi connectivity index (χ0) is 18.0. The molecule has 0 saturated heterocycles. The number of anilines is 3. The molecule has 0 heterocycles. The average Bonchev–Trinajstić information content (AvgIpc) is 2.70. The van der Waals surface area contributed by atoms with Crippen molar-refractivity contribution in [3.63, 3.8) is 0 Å². The van der Waals surface area contributed by atoms with Crippen molar-refractivity contribution in [2.24, 2.45) is 0 Å². The average molecular weight is 338 g/mol.